The lowest BCUT2D eigenvalue weighted by atomic mass is 9.92. The Hall–Kier alpha value is -4.01. The van der Waals surface area contributed by atoms with Gasteiger partial charge in [0.25, 0.3) is 5.91 Å². The number of fused-ring (bicyclic) bond motifs is 1. The van der Waals surface area contributed by atoms with Crippen molar-refractivity contribution in [3.05, 3.63) is 111 Å². The number of hydrogen-bond donors (Lipinski definition) is 3. The van der Waals surface area contributed by atoms with Crippen molar-refractivity contribution in [2.24, 2.45) is 0 Å². The lowest BCUT2D eigenvalue weighted by Gasteiger charge is -2.13. The number of benzene rings is 3. The van der Waals surface area contributed by atoms with Gasteiger partial charge in [-0.25, -0.2) is 4.39 Å². The largest absolute Gasteiger partial charge is 0.376 e. The van der Waals surface area contributed by atoms with Crippen LogP contribution >= 0.6 is 22.9 Å². The summed E-state index contributed by atoms with van der Waals surface area (Å²) in [6, 6.07) is 19.6. The van der Waals surface area contributed by atoms with Crippen LogP contribution in [-0.2, 0) is 17.6 Å². The Morgan fingerprint density at radius 2 is 1.64 bits per heavy atom. The second kappa shape index (κ2) is 11.8. The third-order valence-electron chi connectivity index (χ3n) is 6.44. The van der Waals surface area contributed by atoms with Gasteiger partial charge in [0.2, 0.25) is 5.91 Å². The lowest BCUT2D eigenvalue weighted by molar-refractivity contribution is -0.114. The smallest absolute Gasteiger partial charge is 0.255 e. The summed E-state index contributed by atoms with van der Waals surface area (Å²) in [6.07, 6.45) is 3.77. The minimum atomic E-state index is -0.655. The molecule has 0 saturated carbocycles. The van der Waals surface area contributed by atoms with Crippen LogP contribution in [0.1, 0.15) is 49.6 Å². The molecule has 198 valence electrons. The van der Waals surface area contributed by atoms with Gasteiger partial charge >= 0.3 is 0 Å². The minimum Gasteiger partial charge on any atom is -0.376 e. The van der Waals surface area contributed by atoms with Crippen LogP contribution < -0.4 is 16.0 Å². The number of aryl methyl sites for hydroxylation is 1. The summed E-state index contributed by atoms with van der Waals surface area (Å²) >= 11 is 7.38. The molecule has 5 rings (SSSR count). The van der Waals surface area contributed by atoms with Crippen LogP contribution in [0.3, 0.4) is 0 Å². The van der Waals surface area contributed by atoms with Crippen molar-refractivity contribution in [2.45, 2.75) is 25.7 Å². The first kappa shape index (κ1) is 26.6. The van der Waals surface area contributed by atoms with Gasteiger partial charge in [-0.2, -0.15) is 0 Å². The molecule has 0 fully saturated rings. The molecule has 0 unspecified atom stereocenters. The highest BCUT2D eigenvalue weighted by Gasteiger charge is 2.27. The van der Waals surface area contributed by atoms with Crippen LogP contribution in [0, 0.1) is 5.82 Å². The standard InChI is InChI=1S/C30H25ClFN3O3S/c31-20-10-6-9-19(15-20)29(38)34-24-14-13-21(16-23(24)32)33-17-26(36)35-30-27(22-11-4-5-12-25(22)39-30)28(37)18-7-2-1-3-8-18/h1-3,6-10,13-16,33H,4-5,11-12,17H2,(H,34,38)(H,35,36). The molecule has 1 heterocycles. The number of rotatable bonds is 8. The van der Waals surface area contributed by atoms with E-state index in [1.54, 1.807) is 36.4 Å². The molecule has 0 aliphatic heterocycles. The molecule has 1 aromatic heterocycles. The summed E-state index contributed by atoms with van der Waals surface area (Å²) in [5, 5.41) is 9.28. The first-order chi connectivity index (χ1) is 18.9. The van der Waals surface area contributed by atoms with Gasteiger partial charge in [0, 0.05) is 26.7 Å². The summed E-state index contributed by atoms with van der Waals surface area (Å²) in [7, 11) is 0. The second-order valence-corrected chi connectivity index (χ2v) is 10.7. The van der Waals surface area contributed by atoms with Gasteiger partial charge in [-0.1, -0.05) is 48.0 Å². The van der Waals surface area contributed by atoms with Crippen LogP contribution in [0.15, 0.2) is 72.8 Å². The van der Waals surface area contributed by atoms with Crippen molar-refractivity contribution in [1.82, 2.24) is 0 Å². The number of anilines is 3. The van der Waals surface area contributed by atoms with E-state index in [1.165, 1.54) is 29.5 Å². The van der Waals surface area contributed by atoms with Gasteiger partial charge in [0.15, 0.2) is 5.78 Å². The van der Waals surface area contributed by atoms with Crippen molar-refractivity contribution in [1.29, 1.82) is 0 Å². The van der Waals surface area contributed by atoms with E-state index in [9.17, 15) is 18.8 Å². The van der Waals surface area contributed by atoms with Crippen LogP contribution in [0.5, 0.6) is 0 Å². The maximum Gasteiger partial charge on any atom is 0.255 e. The number of thiophene rings is 1. The van der Waals surface area contributed by atoms with Crippen LogP contribution in [0.2, 0.25) is 5.02 Å². The fraction of sp³-hybridized carbons (Fsp3) is 0.167. The molecule has 9 heteroatoms. The molecule has 0 spiro atoms. The van der Waals surface area contributed by atoms with E-state index in [0.717, 1.165) is 36.1 Å². The molecule has 39 heavy (non-hydrogen) atoms. The van der Waals surface area contributed by atoms with Gasteiger partial charge in [-0.3, -0.25) is 14.4 Å². The van der Waals surface area contributed by atoms with Crippen LogP contribution in [-0.4, -0.2) is 24.1 Å². The fourth-order valence-electron chi connectivity index (χ4n) is 4.53. The van der Waals surface area contributed by atoms with Crippen molar-refractivity contribution >= 4 is 56.9 Å². The summed E-state index contributed by atoms with van der Waals surface area (Å²) in [5.41, 5.74) is 2.86. The van der Waals surface area contributed by atoms with Crippen LogP contribution in [0.4, 0.5) is 20.8 Å². The molecule has 2 amide bonds. The van der Waals surface area contributed by atoms with E-state index in [0.29, 0.717) is 32.4 Å². The van der Waals surface area contributed by atoms with E-state index in [4.69, 9.17) is 11.6 Å². The first-order valence-electron chi connectivity index (χ1n) is 12.5. The zero-order valence-corrected chi connectivity index (χ0v) is 22.4. The minimum absolute atomic E-state index is 0.00297. The maximum atomic E-state index is 14.7. The Kier molecular flexibility index (Phi) is 8.05. The highest BCUT2D eigenvalue weighted by molar-refractivity contribution is 7.17. The molecule has 0 saturated heterocycles. The highest BCUT2D eigenvalue weighted by atomic mass is 35.5. The number of carbonyl (C=O) groups excluding carboxylic acids is 3. The van der Waals surface area contributed by atoms with Gasteiger partial charge in [-0.15, -0.1) is 11.3 Å². The Balaban J connectivity index is 1.25. The van der Waals surface area contributed by atoms with Crippen molar-refractivity contribution in [3.8, 4) is 0 Å². The summed E-state index contributed by atoms with van der Waals surface area (Å²) in [5.74, 6) is -1.60. The summed E-state index contributed by atoms with van der Waals surface area (Å²) in [6.45, 7) is -0.130. The van der Waals surface area contributed by atoms with Crippen molar-refractivity contribution < 1.29 is 18.8 Å². The number of hydrogen-bond acceptors (Lipinski definition) is 5. The third-order valence-corrected chi connectivity index (χ3v) is 7.89. The quantitative estimate of drug-likeness (QED) is 0.203. The topological polar surface area (TPSA) is 87.3 Å². The Bertz CT molecular complexity index is 1550. The normalized spacial score (nSPS) is 12.4. The second-order valence-electron chi connectivity index (χ2n) is 9.17. The molecule has 6 nitrogen and oxygen atoms in total. The Morgan fingerprint density at radius 1 is 0.872 bits per heavy atom. The molecule has 4 aromatic rings. The molecule has 3 aromatic carbocycles. The van der Waals surface area contributed by atoms with Gasteiger partial charge < -0.3 is 16.0 Å². The van der Waals surface area contributed by atoms with Gasteiger partial charge in [0.1, 0.15) is 10.8 Å². The average molecular weight is 562 g/mol. The predicted molar refractivity (Wildman–Crippen MR) is 154 cm³/mol. The summed E-state index contributed by atoms with van der Waals surface area (Å²) in [4.78, 5) is 39.8. The molecule has 3 N–H and O–H groups in total. The molecular weight excluding hydrogens is 537 g/mol. The number of halogens is 2. The molecular formula is C30H25ClFN3O3S. The first-order valence-corrected chi connectivity index (χ1v) is 13.7. The molecule has 0 radical (unpaired) electrons. The van der Waals surface area contributed by atoms with E-state index >= 15 is 0 Å². The predicted octanol–water partition coefficient (Wildman–Crippen LogP) is 6.95. The number of nitrogens with one attached hydrogen (secondary N) is 3. The monoisotopic (exact) mass is 561 g/mol. The van der Waals surface area contributed by atoms with E-state index in [2.05, 4.69) is 16.0 Å². The Labute approximate surface area is 234 Å². The zero-order valence-electron chi connectivity index (χ0n) is 20.9. The molecule has 1 aliphatic carbocycles. The number of carbonyl (C=O) groups is 3. The number of amides is 2. The van der Waals surface area contributed by atoms with E-state index < -0.39 is 11.7 Å². The molecule has 0 bridgehead atoms. The summed E-state index contributed by atoms with van der Waals surface area (Å²) < 4.78 is 14.7. The fourth-order valence-corrected chi connectivity index (χ4v) is 6.03. The molecule has 0 atom stereocenters. The Morgan fingerprint density at radius 3 is 2.41 bits per heavy atom. The van der Waals surface area contributed by atoms with Crippen LogP contribution in [0.25, 0.3) is 0 Å². The van der Waals surface area contributed by atoms with E-state index in [1.807, 2.05) is 18.2 Å². The van der Waals surface area contributed by atoms with Crippen molar-refractivity contribution in [2.75, 3.05) is 22.5 Å². The maximum absolute atomic E-state index is 14.7. The van der Waals surface area contributed by atoms with Crippen molar-refractivity contribution in [3.63, 3.8) is 0 Å². The molecule has 1 aliphatic rings. The SMILES string of the molecule is O=C(CNc1ccc(NC(=O)c2cccc(Cl)c2)c(F)c1)Nc1sc2c(c1C(=O)c1ccccc1)CCCC2. The highest BCUT2D eigenvalue weighted by Crippen LogP contribution is 2.39. The van der Waals surface area contributed by atoms with Gasteiger partial charge in [0.05, 0.1) is 17.8 Å². The average Bonchev–Trinajstić information content (AvgIpc) is 3.30. The lowest BCUT2D eigenvalue weighted by Crippen LogP contribution is -2.22. The number of ketones is 1. The zero-order chi connectivity index (χ0) is 27.4. The van der Waals surface area contributed by atoms with Gasteiger partial charge in [-0.05, 0) is 67.6 Å². The third kappa shape index (κ3) is 6.19. The van der Waals surface area contributed by atoms with E-state index in [-0.39, 0.29) is 23.9 Å².